The highest BCUT2D eigenvalue weighted by molar-refractivity contribution is 5.94. The van der Waals surface area contributed by atoms with Gasteiger partial charge in [0.2, 0.25) is 11.8 Å². The lowest BCUT2D eigenvalue weighted by Crippen LogP contribution is -2.56. The van der Waals surface area contributed by atoms with Crippen molar-refractivity contribution in [2.75, 3.05) is 62.9 Å². The van der Waals surface area contributed by atoms with Crippen molar-refractivity contribution in [3.05, 3.63) is 24.3 Å². The number of morpholine rings is 1. The van der Waals surface area contributed by atoms with Gasteiger partial charge in [0.05, 0.1) is 44.5 Å². The average Bonchev–Trinajstić information content (AvgIpc) is 3.59. The van der Waals surface area contributed by atoms with Gasteiger partial charge >= 0.3 is 0 Å². The van der Waals surface area contributed by atoms with Gasteiger partial charge < -0.3 is 34.1 Å². The number of carbonyl (C=O) groups is 2. The Bertz CT molecular complexity index is 951. The number of hydrogen-bond acceptors (Lipinski definition) is 7. The fraction of sp³-hybridized carbons (Fsp3) is 0.704. The van der Waals surface area contributed by atoms with Crippen LogP contribution in [0.5, 0.6) is 0 Å². The summed E-state index contributed by atoms with van der Waals surface area (Å²) in [6.45, 7) is 5.49. The van der Waals surface area contributed by atoms with Gasteiger partial charge in [-0.15, -0.1) is 0 Å². The minimum Gasteiger partial charge on any atom is -0.378 e. The summed E-state index contributed by atoms with van der Waals surface area (Å²) < 4.78 is 23.2. The minimum atomic E-state index is -0.476. The number of amides is 2. The molecule has 0 aromatic heterocycles. The molecule has 5 fully saturated rings. The quantitative estimate of drug-likeness (QED) is 0.681. The number of ether oxygens (including phenoxy) is 4. The smallest absolute Gasteiger partial charge is 0.229 e. The Morgan fingerprint density at radius 1 is 0.944 bits per heavy atom. The SMILES string of the molecule is O=C(Nc1cccc(N2CCOCC2)c1)[C@@H]1CC2OCCC2N(C(=O)C2CCC3(CC2)OCCO3)C1. The number of piperidine rings is 1. The number of fused-ring (bicyclic) bond motifs is 1. The zero-order valence-electron chi connectivity index (χ0n) is 20.9. The van der Waals surface area contributed by atoms with Crippen molar-refractivity contribution in [2.45, 2.75) is 56.5 Å². The predicted octanol–water partition coefficient (Wildman–Crippen LogP) is 2.40. The molecule has 9 nitrogen and oxygen atoms in total. The third-order valence-electron chi connectivity index (χ3n) is 8.56. The molecule has 3 atom stereocenters. The second-order valence-corrected chi connectivity index (χ2v) is 10.7. The lowest BCUT2D eigenvalue weighted by atomic mass is 9.82. The molecule has 4 saturated heterocycles. The van der Waals surface area contributed by atoms with E-state index in [-0.39, 0.29) is 35.8 Å². The number of benzene rings is 1. The zero-order chi connectivity index (χ0) is 24.5. The summed E-state index contributed by atoms with van der Waals surface area (Å²) in [5.41, 5.74) is 1.87. The predicted molar refractivity (Wildman–Crippen MR) is 133 cm³/mol. The van der Waals surface area contributed by atoms with Crippen molar-refractivity contribution in [3.8, 4) is 0 Å². The number of likely N-dealkylation sites (tertiary alicyclic amines) is 1. The van der Waals surface area contributed by atoms with Crippen LogP contribution in [0.4, 0.5) is 11.4 Å². The zero-order valence-corrected chi connectivity index (χ0v) is 20.9. The van der Waals surface area contributed by atoms with Crippen LogP contribution in [-0.4, -0.2) is 87.3 Å². The van der Waals surface area contributed by atoms with Crippen molar-refractivity contribution in [1.82, 2.24) is 4.90 Å². The molecule has 4 aliphatic heterocycles. The Morgan fingerprint density at radius 2 is 1.72 bits per heavy atom. The van der Waals surface area contributed by atoms with Gasteiger partial charge in [-0.3, -0.25) is 9.59 Å². The number of nitrogens with zero attached hydrogens (tertiary/aromatic N) is 2. The summed E-state index contributed by atoms with van der Waals surface area (Å²) in [4.78, 5) is 31.3. The van der Waals surface area contributed by atoms with E-state index in [0.29, 0.717) is 46.0 Å². The lowest BCUT2D eigenvalue weighted by molar-refractivity contribution is -0.186. The fourth-order valence-corrected chi connectivity index (χ4v) is 6.56. The Labute approximate surface area is 212 Å². The highest BCUT2D eigenvalue weighted by Gasteiger charge is 2.48. The van der Waals surface area contributed by atoms with Crippen LogP contribution >= 0.6 is 0 Å². The molecule has 6 rings (SSSR count). The fourth-order valence-electron chi connectivity index (χ4n) is 6.56. The summed E-state index contributed by atoms with van der Waals surface area (Å²) in [5, 5.41) is 3.12. The van der Waals surface area contributed by atoms with E-state index in [1.807, 2.05) is 23.1 Å². The highest BCUT2D eigenvalue weighted by Crippen LogP contribution is 2.41. The maximum atomic E-state index is 13.7. The van der Waals surface area contributed by atoms with Crippen molar-refractivity contribution in [1.29, 1.82) is 0 Å². The van der Waals surface area contributed by atoms with Gasteiger partial charge in [0.25, 0.3) is 0 Å². The van der Waals surface area contributed by atoms with Crippen LogP contribution in [0.15, 0.2) is 24.3 Å². The van der Waals surface area contributed by atoms with Gasteiger partial charge in [0, 0.05) is 56.4 Å². The number of nitrogens with one attached hydrogen (secondary N) is 1. The molecule has 4 heterocycles. The van der Waals surface area contributed by atoms with Crippen LogP contribution in [0.1, 0.15) is 38.5 Å². The highest BCUT2D eigenvalue weighted by atomic mass is 16.7. The van der Waals surface area contributed by atoms with E-state index >= 15 is 0 Å². The molecule has 0 bridgehead atoms. The van der Waals surface area contributed by atoms with Gasteiger partial charge in [0.15, 0.2) is 5.79 Å². The first-order chi connectivity index (χ1) is 17.6. The maximum Gasteiger partial charge on any atom is 0.229 e. The Morgan fingerprint density at radius 3 is 2.50 bits per heavy atom. The van der Waals surface area contributed by atoms with Crippen LogP contribution in [0, 0.1) is 11.8 Å². The molecular weight excluding hydrogens is 462 g/mol. The Balaban J connectivity index is 1.11. The van der Waals surface area contributed by atoms with E-state index in [1.165, 1.54) is 0 Å². The first kappa shape index (κ1) is 24.2. The third kappa shape index (κ3) is 4.86. The van der Waals surface area contributed by atoms with E-state index in [1.54, 1.807) is 0 Å². The molecule has 9 heteroatoms. The average molecular weight is 500 g/mol. The normalized spacial score (nSPS) is 30.4. The van der Waals surface area contributed by atoms with Crippen molar-refractivity contribution >= 4 is 23.2 Å². The molecule has 5 aliphatic rings. The van der Waals surface area contributed by atoms with Crippen LogP contribution in [0.25, 0.3) is 0 Å². The molecule has 2 unspecified atom stereocenters. The summed E-state index contributed by atoms with van der Waals surface area (Å²) in [5.74, 6) is -0.699. The Kier molecular flexibility index (Phi) is 6.90. The molecule has 1 saturated carbocycles. The monoisotopic (exact) mass is 499 g/mol. The standard InChI is InChI=1S/C27H37N3O6/c31-25(28-21-2-1-3-22(17-21)29-9-12-33-13-10-29)20-16-24-23(6-11-34-24)30(18-20)26(32)19-4-7-27(8-5-19)35-14-15-36-27/h1-3,17,19-20,23-24H,4-16,18H2,(H,28,31)/t20-,23?,24?/m1/s1. The number of hydrogen-bond donors (Lipinski definition) is 1. The summed E-state index contributed by atoms with van der Waals surface area (Å²) in [7, 11) is 0. The first-order valence-corrected chi connectivity index (χ1v) is 13.5. The van der Waals surface area contributed by atoms with E-state index in [4.69, 9.17) is 18.9 Å². The third-order valence-corrected chi connectivity index (χ3v) is 8.56. The molecule has 1 aromatic carbocycles. The Hall–Kier alpha value is -2.20. The first-order valence-electron chi connectivity index (χ1n) is 13.5. The number of rotatable bonds is 4. The van der Waals surface area contributed by atoms with Crippen LogP contribution in [-0.2, 0) is 28.5 Å². The van der Waals surface area contributed by atoms with Crippen LogP contribution < -0.4 is 10.2 Å². The molecule has 1 aliphatic carbocycles. The minimum absolute atomic E-state index is 0.0447. The molecule has 0 radical (unpaired) electrons. The van der Waals surface area contributed by atoms with E-state index < -0.39 is 5.79 Å². The summed E-state index contributed by atoms with van der Waals surface area (Å²) in [6.07, 6.45) is 4.46. The van der Waals surface area contributed by atoms with Gasteiger partial charge in [-0.25, -0.2) is 0 Å². The summed E-state index contributed by atoms with van der Waals surface area (Å²) in [6, 6.07) is 8.05. The molecule has 1 aromatic rings. The molecule has 2 amide bonds. The van der Waals surface area contributed by atoms with Crippen LogP contribution in [0.2, 0.25) is 0 Å². The van der Waals surface area contributed by atoms with Crippen molar-refractivity contribution in [3.63, 3.8) is 0 Å². The molecule has 36 heavy (non-hydrogen) atoms. The molecule has 1 spiro atoms. The lowest BCUT2D eigenvalue weighted by Gasteiger charge is -2.43. The molecule has 1 N–H and O–H groups in total. The van der Waals surface area contributed by atoms with E-state index in [9.17, 15) is 9.59 Å². The van der Waals surface area contributed by atoms with Crippen molar-refractivity contribution < 1.29 is 28.5 Å². The number of carbonyl (C=O) groups excluding carboxylic acids is 2. The van der Waals surface area contributed by atoms with Gasteiger partial charge in [0.1, 0.15) is 0 Å². The van der Waals surface area contributed by atoms with Gasteiger partial charge in [-0.1, -0.05) is 6.07 Å². The van der Waals surface area contributed by atoms with E-state index in [0.717, 1.165) is 56.6 Å². The van der Waals surface area contributed by atoms with Gasteiger partial charge in [-0.05, 0) is 43.9 Å². The second kappa shape index (κ2) is 10.3. The molecule has 196 valence electrons. The molecular formula is C27H37N3O6. The number of anilines is 2. The second-order valence-electron chi connectivity index (χ2n) is 10.7. The van der Waals surface area contributed by atoms with E-state index in [2.05, 4.69) is 16.3 Å². The van der Waals surface area contributed by atoms with Crippen LogP contribution in [0.3, 0.4) is 0 Å². The van der Waals surface area contributed by atoms with Crippen molar-refractivity contribution in [2.24, 2.45) is 11.8 Å². The largest absolute Gasteiger partial charge is 0.378 e. The topological polar surface area (TPSA) is 89.6 Å². The van der Waals surface area contributed by atoms with Gasteiger partial charge in [-0.2, -0.15) is 0 Å². The summed E-state index contributed by atoms with van der Waals surface area (Å²) >= 11 is 0. The maximum absolute atomic E-state index is 13.7.